The van der Waals surface area contributed by atoms with Gasteiger partial charge in [0.1, 0.15) is 48.8 Å². The Morgan fingerprint density at radius 1 is 0.633 bits per heavy atom. The van der Waals surface area contributed by atoms with Gasteiger partial charge < -0.3 is 64.7 Å². The van der Waals surface area contributed by atoms with Crippen molar-refractivity contribution in [2.24, 2.45) is 0 Å². The van der Waals surface area contributed by atoms with E-state index in [-0.39, 0.29) is 13.2 Å². The fraction of sp³-hybridized carbons (Fsp3) is 1.00. The molecule has 0 aliphatic carbocycles. The molecule has 2 saturated heterocycles. The van der Waals surface area contributed by atoms with Gasteiger partial charge in [-0.15, -0.1) is 0 Å². The van der Waals surface area contributed by atoms with E-state index in [0.29, 0.717) is 13.1 Å². The normalized spacial score (nSPS) is 42.6. The summed E-state index contributed by atoms with van der Waals surface area (Å²) in [5.74, 6) is 0. The zero-order valence-corrected chi connectivity index (χ0v) is 16.7. The number of rotatable bonds is 10. The minimum atomic E-state index is -1.51. The predicted octanol–water partition coefficient (Wildman–Crippen LogP) is -5.45. The van der Waals surface area contributed by atoms with Gasteiger partial charge in [0, 0.05) is 13.1 Å². The lowest BCUT2D eigenvalue weighted by Gasteiger charge is -2.40. The van der Waals surface area contributed by atoms with Crippen LogP contribution in [-0.4, -0.2) is 154 Å². The standard InChI is InChI=1S/C17H33NO12/c1-18(2-4-27-16-14(25)12(23)10(21)8(6-19)29-16)3-5-28-17-15(26)13(24)11(22)9(7-20)30-17/h8-17,19-26H,2-7H2,1H3/t8-,9-,10-,11-,12+,13+,14+,15+,16+,17+/m1/s1. The Bertz CT molecular complexity index is 455. The molecular formula is C17H33NO12. The average molecular weight is 443 g/mol. The molecule has 178 valence electrons. The molecule has 0 aromatic rings. The highest BCUT2D eigenvalue weighted by atomic mass is 16.7. The first-order chi connectivity index (χ1) is 14.2. The van der Waals surface area contributed by atoms with Crippen LogP contribution in [0.15, 0.2) is 0 Å². The van der Waals surface area contributed by atoms with Crippen LogP contribution in [0.3, 0.4) is 0 Å². The molecule has 2 rings (SSSR count). The molecule has 0 bridgehead atoms. The van der Waals surface area contributed by atoms with Gasteiger partial charge in [-0.05, 0) is 7.05 Å². The van der Waals surface area contributed by atoms with Crippen molar-refractivity contribution in [3.05, 3.63) is 0 Å². The third-order valence-corrected chi connectivity index (χ3v) is 5.21. The lowest BCUT2D eigenvalue weighted by molar-refractivity contribution is -0.303. The van der Waals surface area contributed by atoms with Crippen LogP contribution in [0.5, 0.6) is 0 Å². The zero-order valence-electron chi connectivity index (χ0n) is 16.7. The van der Waals surface area contributed by atoms with E-state index in [2.05, 4.69) is 0 Å². The summed E-state index contributed by atoms with van der Waals surface area (Å²) in [4.78, 5) is 1.79. The van der Waals surface area contributed by atoms with Crippen LogP contribution in [0, 0.1) is 0 Å². The molecular weight excluding hydrogens is 410 g/mol. The second-order valence-corrected chi connectivity index (χ2v) is 7.44. The van der Waals surface area contributed by atoms with E-state index in [4.69, 9.17) is 29.2 Å². The van der Waals surface area contributed by atoms with Crippen molar-refractivity contribution in [1.82, 2.24) is 4.90 Å². The van der Waals surface area contributed by atoms with E-state index in [9.17, 15) is 30.6 Å². The summed E-state index contributed by atoms with van der Waals surface area (Å²) in [6.07, 6.45) is -13.4. The second kappa shape index (κ2) is 11.9. The number of ether oxygens (including phenoxy) is 4. The fourth-order valence-corrected chi connectivity index (χ4v) is 3.17. The van der Waals surface area contributed by atoms with E-state index in [0.717, 1.165) is 0 Å². The van der Waals surface area contributed by atoms with Gasteiger partial charge >= 0.3 is 0 Å². The topological polar surface area (TPSA) is 202 Å². The molecule has 2 aliphatic rings. The van der Waals surface area contributed by atoms with Gasteiger partial charge in [-0.25, -0.2) is 0 Å². The maximum Gasteiger partial charge on any atom is 0.186 e. The minimum absolute atomic E-state index is 0.0965. The number of hydrogen-bond acceptors (Lipinski definition) is 13. The molecule has 0 aromatic carbocycles. The molecule has 30 heavy (non-hydrogen) atoms. The van der Waals surface area contributed by atoms with Gasteiger partial charge in [-0.3, -0.25) is 0 Å². The van der Waals surface area contributed by atoms with E-state index >= 15 is 0 Å². The number of aliphatic hydroxyl groups excluding tert-OH is 8. The number of aliphatic hydroxyl groups is 8. The quantitative estimate of drug-likeness (QED) is 0.159. The number of nitrogens with zero attached hydrogens (tertiary/aromatic N) is 1. The van der Waals surface area contributed by atoms with Crippen molar-refractivity contribution >= 4 is 0 Å². The van der Waals surface area contributed by atoms with Gasteiger partial charge in [0.2, 0.25) is 0 Å². The molecule has 10 atom stereocenters. The highest BCUT2D eigenvalue weighted by Gasteiger charge is 2.45. The van der Waals surface area contributed by atoms with Crippen molar-refractivity contribution in [3.63, 3.8) is 0 Å². The van der Waals surface area contributed by atoms with Gasteiger partial charge in [-0.2, -0.15) is 0 Å². The van der Waals surface area contributed by atoms with E-state index in [1.165, 1.54) is 0 Å². The Morgan fingerprint density at radius 2 is 1.00 bits per heavy atom. The molecule has 13 heteroatoms. The van der Waals surface area contributed by atoms with Gasteiger partial charge in [0.25, 0.3) is 0 Å². The third-order valence-electron chi connectivity index (χ3n) is 5.21. The number of hydrogen-bond donors (Lipinski definition) is 8. The van der Waals surface area contributed by atoms with Crippen LogP contribution in [0.4, 0.5) is 0 Å². The first-order valence-corrected chi connectivity index (χ1v) is 9.74. The van der Waals surface area contributed by atoms with Gasteiger partial charge in [-0.1, -0.05) is 0 Å². The SMILES string of the molecule is CN(CCO[C@H]1O[C@H](CO)[C@@H](O)[C@H](O)[C@@H]1O)CCO[C@H]1O[C@H](CO)[C@@H](O)[C@H](O)[C@@H]1O. The minimum Gasteiger partial charge on any atom is -0.394 e. The second-order valence-electron chi connectivity index (χ2n) is 7.44. The summed E-state index contributed by atoms with van der Waals surface area (Å²) in [7, 11) is 1.74. The molecule has 0 radical (unpaired) electrons. The van der Waals surface area contributed by atoms with Crippen LogP contribution in [0.25, 0.3) is 0 Å². The maximum atomic E-state index is 9.91. The van der Waals surface area contributed by atoms with Crippen LogP contribution in [0.2, 0.25) is 0 Å². The van der Waals surface area contributed by atoms with Crippen molar-refractivity contribution < 1.29 is 59.8 Å². The van der Waals surface area contributed by atoms with Crippen LogP contribution in [0.1, 0.15) is 0 Å². The Morgan fingerprint density at radius 3 is 1.33 bits per heavy atom. The summed E-state index contributed by atoms with van der Waals surface area (Å²) in [6.45, 7) is -0.154. The Hall–Kier alpha value is -0.520. The predicted molar refractivity (Wildman–Crippen MR) is 96.9 cm³/mol. The first kappa shape index (κ1) is 25.7. The highest BCUT2D eigenvalue weighted by Crippen LogP contribution is 2.23. The van der Waals surface area contributed by atoms with E-state index < -0.39 is 74.6 Å². The molecule has 8 N–H and O–H groups in total. The third kappa shape index (κ3) is 6.26. The summed E-state index contributed by atoms with van der Waals surface area (Å²) < 4.78 is 21.3. The molecule has 2 fully saturated rings. The summed E-state index contributed by atoms with van der Waals surface area (Å²) in [5.41, 5.74) is 0. The lowest BCUT2D eigenvalue weighted by Crippen LogP contribution is -2.59. The average Bonchev–Trinajstić information content (AvgIpc) is 2.73. The van der Waals surface area contributed by atoms with Gasteiger partial charge in [0.05, 0.1) is 26.4 Å². The zero-order chi connectivity index (χ0) is 22.4. The van der Waals surface area contributed by atoms with Crippen molar-refractivity contribution in [1.29, 1.82) is 0 Å². The van der Waals surface area contributed by atoms with Crippen LogP contribution >= 0.6 is 0 Å². The molecule has 0 spiro atoms. The molecule has 2 heterocycles. The first-order valence-electron chi connectivity index (χ1n) is 9.74. The van der Waals surface area contributed by atoms with Crippen molar-refractivity contribution in [3.8, 4) is 0 Å². The Balaban J connectivity index is 1.68. The van der Waals surface area contributed by atoms with E-state index in [1.807, 2.05) is 0 Å². The monoisotopic (exact) mass is 443 g/mol. The molecule has 0 unspecified atom stereocenters. The molecule has 2 aliphatic heterocycles. The number of likely N-dealkylation sites (N-methyl/N-ethyl adjacent to an activating group) is 1. The van der Waals surface area contributed by atoms with Crippen molar-refractivity contribution in [2.75, 3.05) is 46.6 Å². The highest BCUT2D eigenvalue weighted by molar-refractivity contribution is 4.89. The smallest absolute Gasteiger partial charge is 0.186 e. The van der Waals surface area contributed by atoms with Gasteiger partial charge in [0.15, 0.2) is 12.6 Å². The van der Waals surface area contributed by atoms with Crippen molar-refractivity contribution in [2.45, 2.75) is 61.4 Å². The van der Waals surface area contributed by atoms with Crippen LogP contribution in [-0.2, 0) is 18.9 Å². The maximum absolute atomic E-state index is 9.91. The Kier molecular flexibility index (Phi) is 10.2. The van der Waals surface area contributed by atoms with E-state index in [1.54, 1.807) is 11.9 Å². The summed E-state index contributed by atoms with van der Waals surface area (Å²) >= 11 is 0. The summed E-state index contributed by atoms with van der Waals surface area (Å²) in [5, 5.41) is 77.1. The Labute approximate surface area is 173 Å². The molecule has 13 nitrogen and oxygen atoms in total. The van der Waals surface area contributed by atoms with Crippen LogP contribution < -0.4 is 0 Å². The lowest BCUT2D eigenvalue weighted by atomic mass is 9.99. The molecule has 0 amide bonds. The summed E-state index contributed by atoms with van der Waals surface area (Å²) in [6, 6.07) is 0. The molecule has 0 aromatic heterocycles. The largest absolute Gasteiger partial charge is 0.394 e. The molecule has 0 saturated carbocycles. The fourth-order valence-electron chi connectivity index (χ4n) is 3.17.